The van der Waals surface area contributed by atoms with Crippen LogP contribution in [0.15, 0.2) is 58.3 Å². The zero-order valence-electron chi connectivity index (χ0n) is 10.5. The Bertz CT molecular complexity index is 506. The average Bonchev–Trinajstić information content (AvgIpc) is 2.40. The molecule has 0 bridgehead atoms. The fourth-order valence-corrected chi connectivity index (χ4v) is 2.72. The minimum absolute atomic E-state index is 0.452. The topological polar surface area (TPSA) is 29.5 Å². The van der Waals surface area contributed by atoms with Gasteiger partial charge in [-0.2, -0.15) is 0 Å². The Morgan fingerprint density at radius 3 is 2.33 bits per heavy atom. The molecule has 0 radical (unpaired) electrons. The number of benzene rings is 2. The first-order valence-electron chi connectivity index (χ1n) is 5.79. The molecule has 18 heavy (non-hydrogen) atoms. The van der Waals surface area contributed by atoms with Crippen molar-refractivity contribution < 1.29 is 9.84 Å². The second-order valence-corrected chi connectivity index (χ2v) is 5.11. The van der Waals surface area contributed by atoms with E-state index in [0.29, 0.717) is 0 Å². The molecule has 1 atom stereocenters. The maximum atomic E-state index is 9.73. The van der Waals surface area contributed by atoms with Crippen molar-refractivity contribution in [2.45, 2.75) is 22.8 Å². The first-order valence-corrected chi connectivity index (χ1v) is 6.61. The van der Waals surface area contributed by atoms with Crippen LogP contribution in [0, 0.1) is 0 Å². The van der Waals surface area contributed by atoms with Crippen molar-refractivity contribution >= 4 is 11.8 Å². The number of ether oxygens (including phenoxy) is 1. The number of hydrogen-bond acceptors (Lipinski definition) is 3. The van der Waals surface area contributed by atoms with Gasteiger partial charge in [0.2, 0.25) is 0 Å². The summed E-state index contributed by atoms with van der Waals surface area (Å²) in [6, 6.07) is 15.8. The maximum Gasteiger partial charge on any atom is 0.118 e. The smallest absolute Gasteiger partial charge is 0.118 e. The summed E-state index contributed by atoms with van der Waals surface area (Å²) in [7, 11) is 1.66. The Morgan fingerprint density at radius 2 is 1.72 bits per heavy atom. The zero-order chi connectivity index (χ0) is 13.0. The van der Waals surface area contributed by atoms with Crippen LogP contribution in [-0.2, 0) is 0 Å². The van der Waals surface area contributed by atoms with Gasteiger partial charge in [-0.1, -0.05) is 30.0 Å². The van der Waals surface area contributed by atoms with E-state index in [0.717, 1.165) is 21.1 Å². The largest absolute Gasteiger partial charge is 0.497 e. The van der Waals surface area contributed by atoms with Crippen LogP contribution in [0.1, 0.15) is 18.6 Å². The quantitative estimate of drug-likeness (QED) is 0.904. The highest BCUT2D eigenvalue weighted by molar-refractivity contribution is 7.99. The highest BCUT2D eigenvalue weighted by atomic mass is 32.2. The van der Waals surface area contributed by atoms with Crippen molar-refractivity contribution in [3.8, 4) is 5.75 Å². The molecule has 0 aromatic heterocycles. The molecule has 0 aliphatic heterocycles. The SMILES string of the molecule is COc1ccc(Sc2ccccc2[C@@H](C)O)cc1. The van der Waals surface area contributed by atoms with Gasteiger partial charge in [0.1, 0.15) is 5.75 Å². The number of rotatable bonds is 4. The normalized spacial score (nSPS) is 12.2. The third kappa shape index (κ3) is 3.06. The molecule has 0 spiro atoms. The van der Waals surface area contributed by atoms with Gasteiger partial charge in [0.05, 0.1) is 13.2 Å². The molecule has 0 aliphatic rings. The number of hydrogen-bond donors (Lipinski definition) is 1. The monoisotopic (exact) mass is 260 g/mol. The molecule has 2 rings (SSSR count). The first kappa shape index (κ1) is 13.0. The predicted octanol–water partition coefficient (Wildman–Crippen LogP) is 3.90. The predicted molar refractivity (Wildman–Crippen MR) is 74.2 cm³/mol. The molecular formula is C15H16O2S. The lowest BCUT2D eigenvalue weighted by Crippen LogP contribution is -1.93. The molecule has 94 valence electrons. The van der Waals surface area contributed by atoms with Gasteiger partial charge >= 0.3 is 0 Å². The van der Waals surface area contributed by atoms with Crippen LogP contribution in [0.5, 0.6) is 5.75 Å². The van der Waals surface area contributed by atoms with E-state index in [2.05, 4.69) is 0 Å². The minimum atomic E-state index is -0.452. The van der Waals surface area contributed by atoms with Crippen molar-refractivity contribution in [1.82, 2.24) is 0 Å². The van der Waals surface area contributed by atoms with Crippen LogP contribution in [0.3, 0.4) is 0 Å². The third-order valence-corrected chi connectivity index (χ3v) is 3.76. The zero-order valence-corrected chi connectivity index (χ0v) is 11.3. The lowest BCUT2D eigenvalue weighted by molar-refractivity contribution is 0.196. The van der Waals surface area contributed by atoms with E-state index in [9.17, 15) is 5.11 Å². The van der Waals surface area contributed by atoms with Gasteiger partial charge in [-0.05, 0) is 42.8 Å². The van der Waals surface area contributed by atoms with Crippen molar-refractivity contribution in [3.63, 3.8) is 0 Å². The van der Waals surface area contributed by atoms with Gasteiger partial charge in [-0.3, -0.25) is 0 Å². The van der Waals surface area contributed by atoms with E-state index < -0.39 is 6.10 Å². The molecule has 0 fully saturated rings. The molecule has 1 N–H and O–H groups in total. The Kier molecular flexibility index (Phi) is 4.28. The molecule has 3 heteroatoms. The van der Waals surface area contributed by atoms with Gasteiger partial charge in [0.25, 0.3) is 0 Å². The molecule has 0 saturated heterocycles. The fraction of sp³-hybridized carbons (Fsp3) is 0.200. The molecular weight excluding hydrogens is 244 g/mol. The molecule has 2 aromatic rings. The highest BCUT2D eigenvalue weighted by Crippen LogP contribution is 2.33. The second kappa shape index (κ2) is 5.94. The third-order valence-electron chi connectivity index (χ3n) is 2.66. The lowest BCUT2D eigenvalue weighted by Gasteiger charge is -2.11. The standard InChI is InChI=1S/C15H16O2S/c1-11(16)14-5-3-4-6-15(14)18-13-9-7-12(17-2)8-10-13/h3-11,16H,1-2H3/t11-/m1/s1. The van der Waals surface area contributed by atoms with Crippen molar-refractivity contribution in [2.75, 3.05) is 7.11 Å². The summed E-state index contributed by atoms with van der Waals surface area (Å²) in [5.74, 6) is 0.850. The summed E-state index contributed by atoms with van der Waals surface area (Å²) in [5, 5.41) is 9.73. The van der Waals surface area contributed by atoms with Gasteiger partial charge in [0.15, 0.2) is 0 Å². The molecule has 2 aromatic carbocycles. The summed E-state index contributed by atoms with van der Waals surface area (Å²) < 4.78 is 5.13. The average molecular weight is 260 g/mol. The van der Waals surface area contributed by atoms with Crippen LogP contribution in [-0.4, -0.2) is 12.2 Å². The number of aliphatic hydroxyl groups is 1. The van der Waals surface area contributed by atoms with Gasteiger partial charge < -0.3 is 9.84 Å². The van der Waals surface area contributed by atoms with Crippen LogP contribution in [0.25, 0.3) is 0 Å². The molecule has 0 heterocycles. The van der Waals surface area contributed by atoms with Crippen molar-refractivity contribution in [1.29, 1.82) is 0 Å². The summed E-state index contributed by atoms with van der Waals surface area (Å²) in [6.45, 7) is 1.79. The Hall–Kier alpha value is -1.45. The Morgan fingerprint density at radius 1 is 1.06 bits per heavy atom. The Balaban J connectivity index is 2.22. The van der Waals surface area contributed by atoms with Crippen molar-refractivity contribution in [2.24, 2.45) is 0 Å². The lowest BCUT2D eigenvalue weighted by atomic mass is 10.1. The maximum absolute atomic E-state index is 9.73. The van der Waals surface area contributed by atoms with E-state index in [-0.39, 0.29) is 0 Å². The van der Waals surface area contributed by atoms with Crippen LogP contribution >= 0.6 is 11.8 Å². The summed E-state index contributed by atoms with van der Waals surface area (Å²) in [5.41, 5.74) is 0.957. The van der Waals surface area contributed by atoms with E-state index in [4.69, 9.17) is 4.74 Å². The fourth-order valence-electron chi connectivity index (χ4n) is 1.69. The number of aliphatic hydroxyl groups excluding tert-OH is 1. The summed E-state index contributed by atoms with van der Waals surface area (Å²) >= 11 is 1.65. The molecule has 0 unspecified atom stereocenters. The van der Waals surface area contributed by atoms with E-state index in [1.165, 1.54) is 0 Å². The van der Waals surface area contributed by atoms with E-state index in [1.54, 1.807) is 25.8 Å². The van der Waals surface area contributed by atoms with E-state index >= 15 is 0 Å². The highest BCUT2D eigenvalue weighted by Gasteiger charge is 2.08. The molecule has 0 saturated carbocycles. The summed E-state index contributed by atoms with van der Waals surface area (Å²) in [6.07, 6.45) is -0.452. The molecule has 0 aliphatic carbocycles. The van der Waals surface area contributed by atoms with Gasteiger partial charge in [-0.15, -0.1) is 0 Å². The minimum Gasteiger partial charge on any atom is -0.497 e. The van der Waals surface area contributed by atoms with Crippen molar-refractivity contribution in [3.05, 3.63) is 54.1 Å². The van der Waals surface area contributed by atoms with Gasteiger partial charge in [-0.25, -0.2) is 0 Å². The molecule has 0 amide bonds. The van der Waals surface area contributed by atoms with Crippen LogP contribution < -0.4 is 4.74 Å². The summed E-state index contributed by atoms with van der Waals surface area (Å²) in [4.78, 5) is 2.21. The van der Waals surface area contributed by atoms with Gasteiger partial charge in [0, 0.05) is 9.79 Å². The Labute approximate surface area is 112 Å². The molecule has 2 nitrogen and oxygen atoms in total. The van der Waals surface area contributed by atoms with Crippen LogP contribution in [0.4, 0.5) is 0 Å². The van der Waals surface area contributed by atoms with E-state index in [1.807, 2.05) is 48.5 Å². The first-order chi connectivity index (χ1) is 8.70. The van der Waals surface area contributed by atoms with Crippen LogP contribution in [0.2, 0.25) is 0 Å². The second-order valence-electron chi connectivity index (χ2n) is 3.99. The number of methoxy groups -OCH3 is 1.